The molecule has 0 atom stereocenters. The van der Waals surface area contributed by atoms with Crippen LogP contribution in [0.5, 0.6) is 0 Å². The van der Waals surface area contributed by atoms with Gasteiger partial charge in [-0.25, -0.2) is 0 Å². The molecule has 0 spiro atoms. The second-order valence-electron chi connectivity index (χ2n) is 3.97. The third-order valence-corrected chi connectivity index (χ3v) is 4.15. The molecular weight excluding hydrogens is 238 g/mol. The van der Waals surface area contributed by atoms with Crippen molar-refractivity contribution in [3.8, 4) is 0 Å². The van der Waals surface area contributed by atoms with E-state index in [1.54, 1.807) is 11.8 Å². The van der Waals surface area contributed by atoms with Crippen LogP contribution >= 0.6 is 24.2 Å². The van der Waals surface area contributed by atoms with Crippen LogP contribution in [0.1, 0.15) is 39.2 Å². The van der Waals surface area contributed by atoms with Crippen LogP contribution in [0, 0.1) is 0 Å². The third kappa shape index (κ3) is 2.14. The summed E-state index contributed by atoms with van der Waals surface area (Å²) < 4.78 is 0. The van der Waals surface area contributed by atoms with Crippen molar-refractivity contribution in [3.63, 3.8) is 0 Å². The van der Waals surface area contributed by atoms with Crippen molar-refractivity contribution < 1.29 is 0 Å². The molecule has 0 saturated heterocycles. The van der Waals surface area contributed by atoms with Gasteiger partial charge in [-0.05, 0) is 31.4 Å². The highest BCUT2D eigenvalue weighted by Crippen LogP contribution is 2.43. The van der Waals surface area contributed by atoms with Crippen LogP contribution in [0.25, 0.3) is 0 Å². The molecule has 2 rings (SSSR count). The lowest BCUT2D eigenvalue weighted by Crippen LogP contribution is -2.26. The minimum absolute atomic E-state index is 0. The van der Waals surface area contributed by atoms with Crippen LogP contribution in [0.4, 0.5) is 0 Å². The predicted octanol–water partition coefficient (Wildman–Crippen LogP) is 4.65. The number of hydrogen-bond acceptors (Lipinski definition) is 2. The molecule has 0 amide bonds. The van der Waals surface area contributed by atoms with Gasteiger partial charge in [0.25, 0.3) is 0 Å². The number of fused-ring (bicyclic) bond motifs is 1. The average molecular weight is 256 g/mol. The topological polar surface area (TPSA) is 12.4 Å². The highest BCUT2D eigenvalue weighted by Gasteiger charge is 2.33. The van der Waals surface area contributed by atoms with E-state index in [1.165, 1.54) is 15.5 Å². The fourth-order valence-corrected chi connectivity index (χ4v) is 3.33. The van der Waals surface area contributed by atoms with Gasteiger partial charge in [0.1, 0.15) is 0 Å². The Morgan fingerprint density at radius 1 is 1.19 bits per heavy atom. The van der Waals surface area contributed by atoms with Gasteiger partial charge in [0, 0.05) is 4.90 Å². The molecule has 0 fully saturated rings. The minimum atomic E-state index is 0. The Labute approximate surface area is 108 Å². The molecular formula is C13H18ClNS. The molecule has 1 nitrogen and oxygen atoms in total. The first-order valence-electron chi connectivity index (χ1n) is 5.55. The summed E-state index contributed by atoms with van der Waals surface area (Å²) in [5.41, 5.74) is 1.44. The monoisotopic (exact) mass is 255 g/mol. The van der Waals surface area contributed by atoms with Crippen molar-refractivity contribution in [2.75, 3.05) is 0 Å². The molecule has 0 saturated carbocycles. The fraction of sp³-hybridized carbons (Fsp3) is 0.462. The number of nitrogens with zero attached hydrogens (tertiary/aromatic N) is 1. The summed E-state index contributed by atoms with van der Waals surface area (Å²) in [6.07, 6.45) is 2.16. The largest absolute Gasteiger partial charge is 0.271 e. The summed E-state index contributed by atoms with van der Waals surface area (Å²) in [6.45, 7) is 6.57. The van der Waals surface area contributed by atoms with Gasteiger partial charge in [0.2, 0.25) is 0 Å². The SMILES string of the molecule is CCC1(CC)N=C(C)Sc2ccccc21.Cl. The zero-order chi connectivity index (χ0) is 10.9. The Balaban J connectivity index is 0.00000128. The average Bonchev–Trinajstić information content (AvgIpc) is 2.27. The Morgan fingerprint density at radius 2 is 1.81 bits per heavy atom. The van der Waals surface area contributed by atoms with E-state index in [9.17, 15) is 0 Å². The maximum atomic E-state index is 4.87. The van der Waals surface area contributed by atoms with E-state index in [2.05, 4.69) is 45.0 Å². The van der Waals surface area contributed by atoms with E-state index in [-0.39, 0.29) is 17.9 Å². The van der Waals surface area contributed by atoms with Crippen molar-refractivity contribution in [2.45, 2.75) is 44.0 Å². The summed E-state index contributed by atoms with van der Waals surface area (Å²) in [5, 5.41) is 1.19. The smallest absolute Gasteiger partial charge is 0.0871 e. The summed E-state index contributed by atoms with van der Waals surface area (Å²) in [4.78, 5) is 6.25. The van der Waals surface area contributed by atoms with E-state index < -0.39 is 0 Å². The third-order valence-electron chi connectivity index (χ3n) is 3.19. The van der Waals surface area contributed by atoms with Gasteiger partial charge in [0.05, 0.1) is 10.6 Å². The Hall–Kier alpha value is -0.470. The minimum Gasteiger partial charge on any atom is -0.271 e. The molecule has 1 aliphatic rings. The van der Waals surface area contributed by atoms with Crippen LogP contribution in [0.2, 0.25) is 0 Å². The summed E-state index contributed by atoms with van der Waals surface area (Å²) in [5.74, 6) is 0. The maximum absolute atomic E-state index is 4.87. The quantitative estimate of drug-likeness (QED) is 0.750. The van der Waals surface area contributed by atoms with Gasteiger partial charge in [-0.3, -0.25) is 4.99 Å². The molecule has 0 bridgehead atoms. The Kier molecular flexibility index (Phi) is 4.45. The molecule has 0 radical (unpaired) electrons. The molecule has 1 aliphatic heterocycles. The number of hydrogen-bond donors (Lipinski definition) is 0. The Bertz CT molecular complexity index is 397. The van der Waals surface area contributed by atoms with Crippen molar-refractivity contribution >= 4 is 29.2 Å². The summed E-state index contributed by atoms with van der Waals surface area (Å²) >= 11 is 1.79. The number of rotatable bonds is 2. The molecule has 16 heavy (non-hydrogen) atoms. The van der Waals surface area contributed by atoms with Gasteiger partial charge >= 0.3 is 0 Å². The molecule has 3 heteroatoms. The number of benzene rings is 1. The Morgan fingerprint density at radius 3 is 2.44 bits per heavy atom. The fourth-order valence-electron chi connectivity index (χ4n) is 2.27. The molecule has 0 aromatic heterocycles. The van der Waals surface area contributed by atoms with Crippen LogP contribution in [-0.4, -0.2) is 5.04 Å². The van der Waals surface area contributed by atoms with Crippen LogP contribution < -0.4 is 0 Å². The van der Waals surface area contributed by atoms with E-state index in [0.29, 0.717) is 0 Å². The van der Waals surface area contributed by atoms with Crippen molar-refractivity contribution in [1.82, 2.24) is 0 Å². The first-order valence-corrected chi connectivity index (χ1v) is 6.37. The summed E-state index contributed by atoms with van der Waals surface area (Å²) in [7, 11) is 0. The van der Waals surface area contributed by atoms with E-state index >= 15 is 0 Å². The molecule has 0 aliphatic carbocycles. The highest BCUT2D eigenvalue weighted by atomic mass is 35.5. The van der Waals surface area contributed by atoms with Crippen molar-refractivity contribution in [3.05, 3.63) is 29.8 Å². The van der Waals surface area contributed by atoms with Gasteiger partial charge < -0.3 is 0 Å². The molecule has 1 aromatic rings. The van der Waals surface area contributed by atoms with Crippen molar-refractivity contribution in [2.24, 2.45) is 4.99 Å². The number of thioether (sulfide) groups is 1. The standard InChI is InChI=1S/C13H17NS.ClH/c1-4-13(5-2)11-8-6-7-9-12(11)15-10(3)14-13;/h6-9H,4-5H2,1-3H3;1H. The van der Waals surface area contributed by atoms with Crippen LogP contribution in [0.15, 0.2) is 34.2 Å². The van der Waals surface area contributed by atoms with Gasteiger partial charge in [-0.15, -0.1) is 12.4 Å². The second kappa shape index (κ2) is 5.24. The van der Waals surface area contributed by atoms with E-state index in [0.717, 1.165) is 12.8 Å². The molecule has 88 valence electrons. The predicted molar refractivity (Wildman–Crippen MR) is 74.9 cm³/mol. The normalized spacial score (nSPS) is 17.1. The van der Waals surface area contributed by atoms with Crippen LogP contribution in [0.3, 0.4) is 0 Å². The maximum Gasteiger partial charge on any atom is 0.0871 e. The zero-order valence-electron chi connectivity index (χ0n) is 9.99. The number of aliphatic imine (C=N–C) groups is 1. The summed E-state index contributed by atoms with van der Waals surface area (Å²) in [6, 6.07) is 8.67. The van der Waals surface area contributed by atoms with Gasteiger partial charge in [-0.2, -0.15) is 0 Å². The molecule has 1 heterocycles. The lowest BCUT2D eigenvalue weighted by atomic mass is 9.85. The van der Waals surface area contributed by atoms with Gasteiger partial charge in [-0.1, -0.05) is 43.8 Å². The highest BCUT2D eigenvalue weighted by molar-refractivity contribution is 8.14. The first kappa shape index (κ1) is 13.6. The lowest BCUT2D eigenvalue weighted by Gasteiger charge is -2.33. The first-order chi connectivity index (χ1) is 7.22. The molecule has 0 unspecified atom stereocenters. The lowest BCUT2D eigenvalue weighted by molar-refractivity contribution is 0.408. The van der Waals surface area contributed by atoms with Crippen molar-refractivity contribution in [1.29, 1.82) is 0 Å². The molecule has 0 N–H and O–H groups in total. The van der Waals surface area contributed by atoms with E-state index in [4.69, 9.17) is 4.99 Å². The van der Waals surface area contributed by atoms with E-state index in [1.807, 2.05) is 0 Å². The van der Waals surface area contributed by atoms with Gasteiger partial charge in [0.15, 0.2) is 0 Å². The number of halogens is 1. The van der Waals surface area contributed by atoms with Crippen LogP contribution in [-0.2, 0) is 5.54 Å². The molecule has 1 aromatic carbocycles. The zero-order valence-corrected chi connectivity index (χ0v) is 11.6. The second-order valence-corrected chi connectivity index (χ2v) is 5.20.